The number of pyridine rings is 1. The molecule has 1 saturated carbocycles. The monoisotopic (exact) mass is 284 g/mol. The lowest BCUT2D eigenvalue weighted by atomic mass is 10.0. The first kappa shape index (κ1) is 12.5. The van der Waals surface area contributed by atoms with Crippen LogP contribution < -0.4 is 5.32 Å². The van der Waals surface area contributed by atoms with Gasteiger partial charge in [0.05, 0.1) is 5.52 Å². The van der Waals surface area contributed by atoms with Gasteiger partial charge in [-0.1, -0.05) is 12.8 Å². The summed E-state index contributed by atoms with van der Waals surface area (Å²) in [6.07, 6.45) is 8.57. The summed E-state index contributed by atoms with van der Waals surface area (Å²) in [5, 5.41) is 5.22. The Kier molecular flexibility index (Phi) is 3.10. The molecule has 1 aromatic heterocycles. The van der Waals surface area contributed by atoms with Crippen LogP contribution in [0.15, 0.2) is 23.2 Å². The van der Waals surface area contributed by atoms with Crippen molar-refractivity contribution in [2.75, 3.05) is 11.1 Å². The summed E-state index contributed by atoms with van der Waals surface area (Å²) < 4.78 is 0. The van der Waals surface area contributed by atoms with Gasteiger partial charge in [0.2, 0.25) is 0 Å². The third-order valence-corrected chi connectivity index (χ3v) is 5.70. The molecule has 3 heteroatoms. The second-order valence-corrected chi connectivity index (χ2v) is 7.11. The van der Waals surface area contributed by atoms with Crippen molar-refractivity contribution >= 4 is 28.4 Å². The van der Waals surface area contributed by atoms with Crippen molar-refractivity contribution in [1.29, 1.82) is 0 Å². The maximum Gasteiger partial charge on any atom is 0.0726 e. The Morgan fingerprint density at radius 1 is 1.25 bits per heavy atom. The van der Waals surface area contributed by atoms with E-state index >= 15 is 0 Å². The molecule has 0 radical (unpaired) electrons. The van der Waals surface area contributed by atoms with Gasteiger partial charge in [-0.15, -0.1) is 11.8 Å². The highest BCUT2D eigenvalue weighted by Gasteiger charge is 2.21. The largest absolute Gasteiger partial charge is 0.381 e. The van der Waals surface area contributed by atoms with E-state index in [-0.39, 0.29) is 0 Å². The van der Waals surface area contributed by atoms with E-state index in [1.54, 1.807) is 0 Å². The quantitative estimate of drug-likeness (QED) is 0.876. The van der Waals surface area contributed by atoms with Gasteiger partial charge >= 0.3 is 0 Å². The molecule has 104 valence electrons. The summed E-state index contributed by atoms with van der Waals surface area (Å²) in [6, 6.07) is 5.09. The smallest absolute Gasteiger partial charge is 0.0726 e. The highest BCUT2D eigenvalue weighted by molar-refractivity contribution is 7.99. The number of fused-ring (bicyclic) bond motifs is 3. The predicted molar refractivity (Wildman–Crippen MR) is 86.8 cm³/mol. The second kappa shape index (κ2) is 4.96. The van der Waals surface area contributed by atoms with Gasteiger partial charge in [0.15, 0.2) is 0 Å². The Morgan fingerprint density at radius 2 is 2.10 bits per heavy atom. The van der Waals surface area contributed by atoms with Crippen LogP contribution in [0.2, 0.25) is 0 Å². The molecule has 2 aromatic rings. The van der Waals surface area contributed by atoms with Crippen molar-refractivity contribution < 1.29 is 0 Å². The van der Waals surface area contributed by atoms with Gasteiger partial charge in [-0.25, -0.2) is 0 Å². The number of hydrogen-bond acceptors (Lipinski definition) is 3. The molecular weight excluding hydrogens is 264 g/mol. The van der Waals surface area contributed by atoms with Gasteiger partial charge < -0.3 is 5.32 Å². The van der Waals surface area contributed by atoms with Crippen LogP contribution in [0.25, 0.3) is 10.9 Å². The number of nitrogens with zero attached hydrogens (tertiary/aromatic N) is 1. The van der Waals surface area contributed by atoms with Crippen LogP contribution in [0.1, 0.15) is 36.8 Å². The van der Waals surface area contributed by atoms with Crippen LogP contribution in [0.3, 0.4) is 0 Å². The summed E-state index contributed by atoms with van der Waals surface area (Å²) in [5.41, 5.74) is 5.30. The predicted octanol–water partition coefficient (Wildman–Crippen LogP) is 4.55. The number of anilines is 1. The van der Waals surface area contributed by atoms with Crippen molar-refractivity contribution in [3.05, 3.63) is 29.5 Å². The van der Waals surface area contributed by atoms with Crippen LogP contribution in [0, 0.1) is 6.92 Å². The first-order valence-electron chi connectivity index (χ1n) is 7.63. The Hall–Kier alpha value is -1.22. The minimum Gasteiger partial charge on any atom is -0.381 e. The van der Waals surface area contributed by atoms with E-state index < -0.39 is 0 Å². The average Bonchev–Trinajstić information content (AvgIpc) is 3.12. The van der Waals surface area contributed by atoms with Crippen molar-refractivity contribution in [1.82, 2.24) is 4.98 Å². The molecule has 0 amide bonds. The average molecular weight is 284 g/mol. The normalized spacial score (nSPS) is 18.6. The highest BCUT2D eigenvalue weighted by Crippen LogP contribution is 2.40. The molecule has 0 atom stereocenters. The molecule has 20 heavy (non-hydrogen) atoms. The standard InChI is InChI=1S/C17H20N2S/c1-11-10-18-14-6-7-15-13(8-9-20-15)16(14)17(11)19-12-4-2-3-5-12/h6-7,10,12H,2-5,8-9H2,1H3,(H,18,19). The third kappa shape index (κ3) is 1.99. The van der Waals surface area contributed by atoms with E-state index in [1.165, 1.54) is 65.0 Å². The van der Waals surface area contributed by atoms with Crippen LogP contribution >= 0.6 is 11.8 Å². The van der Waals surface area contributed by atoms with Gasteiger partial charge in [0.25, 0.3) is 0 Å². The van der Waals surface area contributed by atoms with Crippen molar-refractivity contribution in [2.45, 2.75) is 50.0 Å². The molecule has 2 aliphatic rings. The number of rotatable bonds is 2. The molecule has 0 bridgehead atoms. The fraction of sp³-hybridized carbons (Fsp3) is 0.471. The molecule has 1 N–H and O–H groups in total. The van der Waals surface area contributed by atoms with Gasteiger partial charge in [0.1, 0.15) is 0 Å². The Labute approximate surface area is 124 Å². The van der Waals surface area contributed by atoms with E-state index in [4.69, 9.17) is 0 Å². The zero-order valence-corrected chi connectivity index (χ0v) is 12.7. The topological polar surface area (TPSA) is 24.9 Å². The fourth-order valence-electron chi connectivity index (χ4n) is 3.54. The summed E-state index contributed by atoms with van der Waals surface area (Å²) in [4.78, 5) is 6.10. The molecule has 1 aliphatic carbocycles. The fourth-order valence-corrected chi connectivity index (χ4v) is 4.61. The number of hydrogen-bond donors (Lipinski definition) is 1. The second-order valence-electron chi connectivity index (χ2n) is 5.98. The molecule has 0 saturated heterocycles. The number of nitrogens with one attached hydrogen (secondary N) is 1. The van der Waals surface area contributed by atoms with Crippen LogP contribution in [-0.4, -0.2) is 16.8 Å². The van der Waals surface area contributed by atoms with Crippen LogP contribution in [-0.2, 0) is 6.42 Å². The maximum absolute atomic E-state index is 4.64. The van der Waals surface area contributed by atoms with E-state index in [2.05, 4.69) is 29.4 Å². The molecular formula is C17H20N2S. The first-order chi connectivity index (χ1) is 9.83. The van der Waals surface area contributed by atoms with E-state index in [0.29, 0.717) is 6.04 Å². The van der Waals surface area contributed by atoms with Crippen LogP contribution in [0.4, 0.5) is 5.69 Å². The maximum atomic E-state index is 4.64. The Balaban J connectivity index is 1.88. The molecule has 1 fully saturated rings. The third-order valence-electron chi connectivity index (χ3n) is 4.60. The van der Waals surface area contributed by atoms with Crippen molar-refractivity contribution in [2.24, 2.45) is 0 Å². The van der Waals surface area contributed by atoms with Crippen molar-refractivity contribution in [3.8, 4) is 0 Å². The molecule has 2 heterocycles. The lowest BCUT2D eigenvalue weighted by Crippen LogP contribution is -2.16. The van der Waals surface area contributed by atoms with Gasteiger partial charge in [-0.05, 0) is 49.4 Å². The molecule has 1 aliphatic heterocycles. The zero-order valence-electron chi connectivity index (χ0n) is 11.9. The lowest BCUT2D eigenvalue weighted by Gasteiger charge is -2.19. The number of aryl methyl sites for hydroxylation is 2. The number of benzene rings is 1. The number of aromatic nitrogens is 1. The van der Waals surface area contributed by atoms with Gasteiger partial charge in [0, 0.05) is 34.0 Å². The minimum absolute atomic E-state index is 0.657. The zero-order chi connectivity index (χ0) is 13.5. The van der Waals surface area contributed by atoms with E-state index in [1.807, 2.05) is 18.0 Å². The van der Waals surface area contributed by atoms with Gasteiger partial charge in [-0.3, -0.25) is 4.98 Å². The summed E-state index contributed by atoms with van der Waals surface area (Å²) in [7, 11) is 0. The SMILES string of the molecule is Cc1cnc2ccc3c(c2c1NC1CCCC1)CCS3. The molecule has 0 spiro atoms. The van der Waals surface area contributed by atoms with Crippen LogP contribution in [0.5, 0.6) is 0 Å². The Bertz CT molecular complexity index is 660. The summed E-state index contributed by atoms with van der Waals surface area (Å²) >= 11 is 1.98. The van der Waals surface area contributed by atoms with Crippen molar-refractivity contribution in [3.63, 3.8) is 0 Å². The first-order valence-corrected chi connectivity index (χ1v) is 8.62. The molecule has 2 nitrogen and oxygen atoms in total. The molecule has 0 unspecified atom stereocenters. The highest BCUT2D eigenvalue weighted by atomic mass is 32.2. The lowest BCUT2D eigenvalue weighted by molar-refractivity contribution is 0.755. The molecule has 4 rings (SSSR count). The van der Waals surface area contributed by atoms with Gasteiger partial charge in [-0.2, -0.15) is 0 Å². The summed E-state index contributed by atoms with van der Waals surface area (Å²) in [6.45, 7) is 2.19. The summed E-state index contributed by atoms with van der Waals surface area (Å²) in [5.74, 6) is 1.21. The van der Waals surface area contributed by atoms with E-state index in [9.17, 15) is 0 Å². The molecule has 1 aromatic carbocycles. The Morgan fingerprint density at radius 3 is 2.95 bits per heavy atom. The number of thioether (sulfide) groups is 1. The van der Waals surface area contributed by atoms with E-state index in [0.717, 1.165) is 5.52 Å². The minimum atomic E-state index is 0.657.